The van der Waals surface area contributed by atoms with Crippen molar-refractivity contribution in [2.24, 2.45) is 0 Å². The molecule has 2 aromatic carbocycles. The van der Waals surface area contributed by atoms with Crippen molar-refractivity contribution >= 4 is 25.4 Å². The normalized spacial score (nSPS) is 9.25. The standard InChI is InChI=1S/C13H11S.BrH.Zn/c1-14-13-10-6-5-9-12(13)11-7-3-2-4-8-11;;/h2-3,5-10H,1H3;1H;/q-1;;+2/p-1. The van der Waals surface area contributed by atoms with Crippen molar-refractivity contribution in [3.63, 3.8) is 0 Å². The molecule has 78 valence electrons. The van der Waals surface area contributed by atoms with Gasteiger partial charge in [-0.2, -0.15) is 30.3 Å². The molecule has 0 saturated carbocycles. The summed E-state index contributed by atoms with van der Waals surface area (Å²) in [4.78, 5) is 1.31. The van der Waals surface area contributed by atoms with E-state index in [-0.39, 0.29) is 0 Å². The van der Waals surface area contributed by atoms with Crippen LogP contribution in [0.25, 0.3) is 11.1 Å². The molecule has 2 rings (SSSR count). The molecule has 0 aliphatic rings. The topological polar surface area (TPSA) is 0 Å². The summed E-state index contributed by atoms with van der Waals surface area (Å²) in [7, 11) is 0. The summed E-state index contributed by atoms with van der Waals surface area (Å²) in [5.74, 6) is 0. The van der Waals surface area contributed by atoms with E-state index < -0.39 is 0 Å². The van der Waals surface area contributed by atoms with E-state index >= 15 is 0 Å². The molecule has 2 aromatic rings. The van der Waals surface area contributed by atoms with Gasteiger partial charge in [-0.1, -0.05) is 23.8 Å². The van der Waals surface area contributed by atoms with Gasteiger partial charge in [-0.05, 0) is 12.3 Å². The van der Waals surface area contributed by atoms with Crippen LogP contribution in [0.4, 0.5) is 0 Å². The van der Waals surface area contributed by atoms with Crippen LogP contribution in [0.2, 0.25) is 0 Å². The Bertz CT molecular complexity index is 417. The van der Waals surface area contributed by atoms with Crippen LogP contribution in [0, 0.1) is 6.07 Å². The van der Waals surface area contributed by atoms with E-state index in [2.05, 4.69) is 56.3 Å². The molecule has 16 heavy (non-hydrogen) atoms. The molecule has 3 heteroatoms. The molecule has 0 unspecified atom stereocenters. The van der Waals surface area contributed by atoms with Crippen molar-refractivity contribution in [2.45, 2.75) is 4.90 Å². The van der Waals surface area contributed by atoms with Crippen LogP contribution in [-0.2, 0) is 16.3 Å². The van der Waals surface area contributed by atoms with Gasteiger partial charge in [0.2, 0.25) is 0 Å². The molecular formula is C13H11BrSZn. The molecule has 0 aliphatic heterocycles. The summed E-state index contributed by atoms with van der Waals surface area (Å²) in [5.41, 5.74) is 2.52. The molecule has 0 saturated heterocycles. The zero-order chi connectivity index (χ0) is 11.8. The fraction of sp³-hybridized carbons (Fsp3) is 0.0769. The third kappa shape index (κ3) is 3.73. The minimum absolute atomic E-state index is 1.19. The summed E-state index contributed by atoms with van der Waals surface area (Å²) in [6.45, 7) is 0. The van der Waals surface area contributed by atoms with Gasteiger partial charge in [0.05, 0.1) is 0 Å². The van der Waals surface area contributed by atoms with E-state index in [9.17, 15) is 0 Å². The number of halogens is 1. The Morgan fingerprint density at radius 1 is 1.12 bits per heavy atom. The second-order valence-corrected chi connectivity index (χ2v) is 3.84. The van der Waals surface area contributed by atoms with Crippen LogP contribution in [0.5, 0.6) is 0 Å². The first-order valence-electron chi connectivity index (χ1n) is 4.78. The van der Waals surface area contributed by atoms with Gasteiger partial charge in [0.15, 0.2) is 0 Å². The molecule has 0 fully saturated rings. The van der Waals surface area contributed by atoms with Crippen LogP contribution in [0.1, 0.15) is 0 Å². The second kappa shape index (κ2) is 8.05. The van der Waals surface area contributed by atoms with Gasteiger partial charge >= 0.3 is 30.0 Å². The summed E-state index contributed by atoms with van der Waals surface area (Å²) in [5, 5.41) is 0. The molecule has 0 heterocycles. The molecule has 0 aromatic heterocycles. The van der Waals surface area contributed by atoms with E-state index in [1.165, 1.54) is 32.4 Å². The molecule has 0 spiro atoms. The van der Waals surface area contributed by atoms with Crippen LogP contribution < -0.4 is 0 Å². The second-order valence-electron chi connectivity index (χ2n) is 2.99. The van der Waals surface area contributed by atoms with Crippen molar-refractivity contribution < 1.29 is 16.3 Å². The predicted molar refractivity (Wildman–Crippen MR) is 71.4 cm³/mol. The molecule has 0 amide bonds. The van der Waals surface area contributed by atoms with Crippen LogP contribution in [-0.4, -0.2) is 6.26 Å². The van der Waals surface area contributed by atoms with Crippen molar-refractivity contribution in [1.29, 1.82) is 0 Å². The van der Waals surface area contributed by atoms with Gasteiger partial charge in [0.25, 0.3) is 0 Å². The Morgan fingerprint density at radius 3 is 2.50 bits per heavy atom. The van der Waals surface area contributed by atoms with Gasteiger partial charge in [0, 0.05) is 4.90 Å². The fourth-order valence-corrected chi connectivity index (χ4v) is 2.06. The average molecular weight is 345 g/mol. The first-order chi connectivity index (χ1) is 7.92. The Morgan fingerprint density at radius 2 is 1.88 bits per heavy atom. The van der Waals surface area contributed by atoms with E-state index in [0.717, 1.165) is 0 Å². The number of benzene rings is 2. The molecular weight excluding hydrogens is 334 g/mol. The van der Waals surface area contributed by atoms with Gasteiger partial charge < -0.3 is 0 Å². The monoisotopic (exact) mass is 342 g/mol. The Hall–Kier alpha value is -0.107. The Kier molecular flexibility index (Phi) is 7.02. The quantitative estimate of drug-likeness (QED) is 0.431. The number of thioether (sulfide) groups is 1. The van der Waals surface area contributed by atoms with Crippen LogP contribution in [0.15, 0.2) is 53.4 Å². The molecule has 0 radical (unpaired) electrons. The summed E-state index contributed by atoms with van der Waals surface area (Å²) >= 11 is 6.03. The third-order valence-electron chi connectivity index (χ3n) is 2.13. The van der Waals surface area contributed by atoms with Crippen molar-refractivity contribution in [2.75, 3.05) is 6.26 Å². The van der Waals surface area contributed by atoms with Crippen molar-refractivity contribution in [1.82, 2.24) is 0 Å². The van der Waals surface area contributed by atoms with E-state index in [0.29, 0.717) is 0 Å². The average Bonchev–Trinajstić information content (AvgIpc) is 2.42. The van der Waals surface area contributed by atoms with Crippen LogP contribution >= 0.6 is 25.4 Å². The van der Waals surface area contributed by atoms with E-state index in [4.69, 9.17) is 0 Å². The molecule has 0 nitrogen and oxygen atoms in total. The zero-order valence-electron chi connectivity index (χ0n) is 9.11. The summed E-state index contributed by atoms with van der Waals surface area (Å²) < 4.78 is 0. The number of hydrogen-bond acceptors (Lipinski definition) is 1. The first kappa shape index (κ1) is 14.0. The predicted octanol–water partition coefficient (Wildman–Crippen LogP) is 4.72. The third-order valence-corrected chi connectivity index (χ3v) is 2.92. The molecule has 0 bridgehead atoms. The molecule has 0 atom stereocenters. The minimum atomic E-state index is 1.19. The SMILES string of the molecule is CSc1ccccc1-c1c[c-]ccc1.[Zn+][Br]. The first-order valence-corrected chi connectivity index (χ1v) is 13.0. The maximum atomic E-state index is 3.10. The summed E-state index contributed by atoms with van der Waals surface area (Å²) in [6.07, 6.45) is 2.10. The Balaban J connectivity index is 0.000000606. The zero-order valence-corrected chi connectivity index (χ0v) is 14.5. The van der Waals surface area contributed by atoms with Crippen molar-refractivity contribution in [3.05, 3.63) is 54.6 Å². The summed E-state index contributed by atoms with van der Waals surface area (Å²) in [6, 6.07) is 19.6. The Labute approximate surface area is 118 Å². The molecule has 0 N–H and O–H groups in total. The number of hydrogen-bond donors (Lipinski definition) is 0. The molecule has 0 aliphatic carbocycles. The van der Waals surface area contributed by atoms with Crippen molar-refractivity contribution in [3.8, 4) is 11.1 Å². The van der Waals surface area contributed by atoms with Gasteiger partial charge in [-0.3, -0.25) is 0 Å². The van der Waals surface area contributed by atoms with Gasteiger partial charge in [-0.25, -0.2) is 0 Å². The van der Waals surface area contributed by atoms with Gasteiger partial charge in [-0.15, -0.1) is 17.3 Å². The fourth-order valence-electron chi connectivity index (χ4n) is 1.44. The van der Waals surface area contributed by atoms with E-state index in [1.54, 1.807) is 11.8 Å². The number of rotatable bonds is 2. The maximum absolute atomic E-state index is 3.10. The van der Waals surface area contributed by atoms with Crippen LogP contribution in [0.3, 0.4) is 0 Å². The van der Waals surface area contributed by atoms with E-state index in [1.807, 2.05) is 18.2 Å². The van der Waals surface area contributed by atoms with Gasteiger partial charge in [0.1, 0.15) is 0 Å².